The predicted molar refractivity (Wildman–Crippen MR) is 157 cm³/mol. The molecule has 3 fully saturated rings. The van der Waals surface area contributed by atoms with Crippen molar-refractivity contribution in [1.29, 1.82) is 0 Å². The third kappa shape index (κ3) is 7.09. The van der Waals surface area contributed by atoms with Crippen molar-refractivity contribution in [2.24, 2.45) is 0 Å². The Hall–Kier alpha value is -3.23. The molecule has 2 N–H and O–H groups in total. The van der Waals surface area contributed by atoms with Crippen LogP contribution in [0.15, 0.2) is 72.3 Å². The highest BCUT2D eigenvalue weighted by Gasteiger charge is 2.34. The molecular weight excluding hydrogens is 502 g/mol. The summed E-state index contributed by atoms with van der Waals surface area (Å²) >= 11 is 0. The number of carbonyl (C=O) groups excluding carboxylic acids is 1. The number of nitrogens with zero attached hydrogens (tertiary/aromatic N) is 1. The fraction of sp³-hybridized carbons (Fsp3) is 0.424. The second-order valence-electron chi connectivity index (χ2n) is 11.1. The van der Waals surface area contributed by atoms with Crippen LogP contribution in [-0.2, 0) is 9.57 Å². The summed E-state index contributed by atoms with van der Waals surface area (Å²) in [6.07, 6.45) is 8.56. The maximum Gasteiger partial charge on any atom is 0.274 e. The lowest BCUT2D eigenvalue weighted by atomic mass is 10.1. The van der Waals surface area contributed by atoms with Gasteiger partial charge in [-0.1, -0.05) is 54.6 Å². The molecule has 7 nitrogen and oxygen atoms in total. The fourth-order valence-electron chi connectivity index (χ4n) is 5.59. The second-order valence-corrected chi connectivity index (χ2v) is 11.1. The van der Waals surface area contributed by atoms with E-state index in [1.807, 2.05) is 48.5 Å². The number of hydrogen-bond acceptors (Lipinski definition) is 6. The molecule has 2 saturated heterocycles. The van der Waals surface area contributed by atoms with Gasteiger partial charge in [0.2, 0.25) is 0 Å². The van der Waals surface area contributed by atoms with Gasteiger partial charge in [-0.3, -0.25) is 9.69 Å². The van der Waals surface area contributed by atoms with E-state index in [9.17, 15) is 4.79 Å². The monoisotopic (exact) mass is 541 g/mol. The molecule has 1 aliphatic carbocycles. The molecule has 2 unspecified atom stereocenters. The lowest BCUT2D eigenvalue weighted by molar-refractivity contribution is -0.186. The Morgan fingerprint density at radius 3 is 2.65 bits per heavy atom. The minimum atomic E-state index is -0.368. The molecule has 0 radical (unpaired) electrons. The normalized spacial score (nSPS) is 21.9. The zero-order chi connectivity index (χ0) is 27.1. The number of likely N-dealkylation sites (tertiary alicyclic amines) is 1. The summed E-state index contributed by atoms with van der Waals surface area (Å²) in [6, 6.07) is 23.4. The van der Waals surface area contributed by atoms with E-state index >= 15 is 0 Å². The van der Waals surface area contributed by atoms with E-state index in [-0.39, 0.29) is 12.2 Å². The van der Waals surface area contributed by atoms with Crippen molar-refractivity contribution < 1.29 is 19.1 Å². The van der Waals surface area contributed by atoms with Gasteiger partial charge in [-0.25, -0.2) is 10.3 Å². The molecular formula is C33H39N3O4. The van der Waals surface area contributed by atoms with Crippen molar-refractivity contribution >= 4 is 22.8 Å². The van der Waals surface area contributed by atoms with Crippen LogP contribution in [0, 0.1) is 0 Å². The van der Waals surface area contributed by atoms with E-state index in [1.54, 1.807) is 0 Å². The number of carbonyl (C=O) groups is 1. The quantitative estimate of drug-likeness (QED) is 0.321. The van der Waals surface area contributed by atoms with Gasteiger partial charge >= 0.3 is 0 Å². The van der Waals surface area contributed by atoms with Gasteiger partial charge in [0.15, 0.2) is 6.29 Å². The molecule has 2 atom stereocenters. The number of amides is 1. The summed E-state index contributed by atoms with van der Waals surface area (Å²) in [5, 5.41) is 6.07. The summed E-state index contributed by atoms with van der Waals surface area (Å²) in [5.74, 6) is 0.617. The van der Waals surface area contributed by atoms with Crippen LogP contribution in [0.1, 0.15) is 54.4 Å². The highest BCUT2D eigenvalue weighted by atomic mass is 16.8. The first kappa shape index (κ1) is 27.0. The van der Waals surface area contributed by atoms with E-state index < -0.39 is 0 Å². The lowest BCUT2D eigenvalue weighted by Crippen LogP contribution is -2.35. The van der Waals surface area contributed by atoms with E-state index in [2.05, 4.69) is 40.0 Å². The van der Waals surface area contributed by atoms with Gasteiger partial charge in [-0.15, -0.1) is 0 Å². The van der Waals surface area contributed by atoms with Gasteiger partial charge in [0, 0.05) is 55.7 Å². The molecule has 210 valence electrons. The Bertz CT molecular complexity index is 1310. The Kier molecular flexibility index (Phi) is 8.74. The van der Waals surface area contributed by atoms with Crippen LogP contribution < -0.4 is 15.5 Å². The van der Waals surface area contributed by atoms with Crippen LogP contribution in [0.3, 0.4) is 0 Å². The highest BCUT2D eigenvalue weighted by Crippen LogP contribution is 2.30. The number of nitrogens with one attached hydrogen (secondary N) is 2. The standard InChI is InChI=1S/C33H39N3O4/c37-33(35-40-32-10-3-4-19-38-32)27-13-11-24(12-14-27)20-25(21-34-28-17-18-36(22-28)29-15-16-29)23-39-31-9-5-7-26-6-1-2-8-30(26)31/h1-2,5-9,11-14,20,28-29,32,34H,3-4,10,15-19,21-23H2,(H,35,37)/b25-20+. The fourth-order valence-corrected chi connectivity index (χ4v) is 5.59. The molecule has 3 aromatic carbocycles. The van der Waals surface area contributed by atoms with Crippen LogP contribution in [0.2, 0.25) is 0 Å². The first-order chi connectivity index (χ1) is 19.7. The van der Waals surface area contributed by atoms with Gasteiger partial charge in [-0.05, 0) is 66.8 Å². The number of hydroxylamine groups is 1. The van der Waals surface area contributed by atoms with Gasteiger partial charge in [-0.2, -0.15) is 0 Å². The average Bonchev–Trinajstić information content (AvgIpc) is 3.75. The molecule has 1 saturated carbocycles. The largest absolute Gasteiger partial charge is 0.489 e. The van der Waals surface area contributed by atoms with Crippen LogP contribution >= 0.6 is 0 Å². The topological polar surface area (TPSA) is 72.1 Å². The molecule has 0 aromatic heterocycles. The highest BCUT2D eigenvalue weighted by molar-refractivity contribution is 5.93. The molecule has 7 heteroatoms. The number of rotatable bonds is 11. The van der Waals surface area contributed by atoms with E-state index in [1.165, 1.54) is 31.2 Å². The van der Waals surface area contributed by atoms with Crippen molar-refractivity contribution in [3.8, 4) is 5.75 Å². The molecule has 1 amide bonds. The minimum Gasteiger partial charge on any atom is -0.489 e. The third-order valence-electron chi connectivity index (χ3n) is 8.03. The van der Waals surface area contributed by atoms with Crippen LogP contribution in [0.5, 0.6) is 5.75 Å². The first-order valence-corrected chi connectivity index (χ1v) is 14.7. The second kappa shape index (κ2) is 13.0. The summed E-state index contributed by atoms with van der Waals surface area (Å²) in [4.78, 5) is 20.6. The molecule has 0 bridgehead atoms. The molecule has 3 aliphatic rings. The van der Waals surface area contributed by atoms with Gasteiger partial charge in [0.05, 0.1) is 0 Å². The molecule has 40 heavy (non-hydrogen) atoms. The molecule has 3 aromatic rings. The van der Waals surface area contributed by atoms with Crippen molar-refractivity contribution in [3.63, 3.8) is 0 Å². The summed E-state index contributed by atoms with van der Waals surface area (Å²) in [6.45, 7) is 4.22. The SMILES string of the molecule is O=C(NOC1CCCCO1)c1ccc(/C=C(\CNC2CCN(C3CC3)C2)COc2cccc3ccccc23)cc1. The van der Waals surface area contributed by atoms with Crippen molar-refractivity contribution in [2.45, 2.75) is 56.9 Å². The average molecular weight is 542 g/mol. The number of hydrogen-bond donors (Lipinski definition) is 2. The minimum absolute atomic E-state index is 0.271. The van der Waals surface area contributed by atoms with Crippen LogP contribution in [-0.4, -0.2) is 62.0 Å². The third-order valence-corrected chi connectivity index (χ3v) is 8.03. The Balaban J connectivity index is 1.11. The molecule has 6 rings (SSSR count). The predicted octanol–water partition coefficient (Wildman–Crippen LogP) is 5.32. The van der Waals surface area contributed by atoms with Gasteiger partial charge in [0.1, 0.15) is 12.4 Å². The van der Waals surface area contributed by atoms with E-state index in [0.29, 0.717) is 24.8 Å². The Morgan fingerprint density at radius 2 is 1.82 bits per heavy atom. The van der Waals surface area contributed by atoms with Crippen molar-refractivity contribution in [1.82, 2.24) is 15.7 Å². The molecule has 0 spiro atoms. The molecule has 2 aliphatic heterocycles. The van der Waals surface area contributed by atoms with E-state index in [4.69, 9.17) is 14.3 Å². The summed E-state index contributed by atoms with van der Waals surface area (Å²) in [7, 11) is 0. The van der Waals surface area contributed by atoms with Crippen LogP contribution in [0.25, 0.3) is 16.8 Å². The number of benzene rings is 3. The Morgan fingerprint density at radius 1 is 0.975 bits per heavy atom. The zero-order valence-corrected chi connectivity index (χ0v) is 23.0. The zero-order valence-electron chi connectivity index (χ0n) is 23.0. The first-order valence-electron chi connectivity index (χ1n) is 14.7. The number of ether oxygens (including phenoxy) is 2. The maximum absolute atomic E-state index is 12.6. The lowest BCUT2D eigenvalue weighted by Gasteiger charge is -2.22. The smallest absolute Gasteiger partial charge is 0.274 e. The van der Waals surface area contributed by atoms with Crippen molar-refractivity contribution in [2.75, 3.05) is 32.8 Å². The summed E-state index contributed by atoms with van der Waals surface area (Å²) < 4.78 is 11.9. The van der Waals surface area contributed by atoms with Gasteiger partial charge in [0.25, 0.3) is 5.91 Å². The van der Waals surface area contributed by atoms with E-state index in [0.717, 1.165) is 60.7 Å². The maximum atomic E-state index is 12.6. The molecule has 2 heterocycles. The Labute approximate surface area is 236 Å². The summed E-state index contributed by atoms with van der Waals surface area (Å²) in [5.41, 5.74) is 5.27. The van der Waals surface area contributed by atoms with Crippen molar-refractivity contribution in [3.05, 3.63) is 83.4 Å². The van der Waals surface area contributed by atoms with Crippen LogP contribution in [0.4, 0.5) is 0 Å². The van der Waals surface area contributed by atoms with Gasteiger partial charge < -0.3 is 14.8 Å². The number of fused-ring (bicyclic) bond motifs is 1.